The monoisotopic (exact) mass is 271 g/mol. The van der Waals surface area contributed by atoms with Crippen LogP contribution in [0.3, 0.4) is 0 Å². The molecule has 1 heterocycles. The number of anilines is 1. The van der Waals surface area contributed by atoms with Crippen LogP contribution in [0.4, 0.5) is 5.82 Å². The minimum atomic E-state index is 0.473. The fourth-order valence-electron chi connectivity index (χ4n) is 2.04. The molecular formula is C16H21N3O. The average molecular weight is 271 g/mol. The average Bonchev–Trinajstić information content (AvgIpc) is 2.52. The van der Waals surface area contributed by atoms with E-state index in [-0.39, 0.29) is 0 Å². The first-order chi connectivity index (χ1) is 9.85. The third-order valence-corrected chi connectivity index (χ3v) is 3.11. The summed E-state index contributed by atoms with van der Waals surface area (Å²) in [6.45, 7) is 2.05. The zero-order valence-electron chi connectivity index (χ0n) is 11.8. The summed E-state index contributed by atoms with van der Waals surface area (Å²) in [5.41, 5.74) is 9.10. The lowest BCUT2D eigenvalue weighted by Crippen LogP contribution is -2.10. The fraction of sp³-hybridized carbons (Fsp3) is 0.312. The van der Waals surface area contributed by atoms with Crippen LogP contribution >= 0.6 is 0 Å². The summed E-state index contributed by atoms with van der Waals surface area (Å²) < 4.78 is 5.03. The Hall–Kier alpha value is -1.91. The van der Waals surface area contributed by atoms with Crippen LogP contribution in [0.5, 0.6) is 0 Å². The predicted octanol–water partition coefficient (Wildman–Crippen LogP) is 2.66. The van der Waals surface area contributed by atoms with Crippen molar-refractivity contribution in [2.45, 2.75) is 13.0 Å². The first-order valence-electron chi connectivity index (χ1n) is 6.82. The van der Waals surface area contributed by atoms with Crippen LogP contribution in [0.25, 0.3) is 11.1 Å². The third kappa shape index (κ3) is 3.79. The SMILES string of the molecule is COCCCNc1ncc(-c2ccccc2)cc1CN. The summed E-state index contributed by atoms with van der Waals surface area (Å²) in [6, 6.07) is 12.3. The standard InChI is InChI=1S/C16H21N3O/c1-20-9-5-8-18-16-14(11-17)10-15(12-19-16)13-6-3-2-4-7-13/h2-4,6-7,10,12H,5,8-9,11,17H2,1H3,(H,18,19). The van der Waals surface area contributed by atoms with Gasteiger partial charge in [-0.3, -0.25) is 0 Å². The molecule has 4 heteroatoms. The quantitative estimate of drug-likeness (QED) is 0.760. The van der Waals surface area contributed by atoms with Gasteiger partial charge in [-0.15, -0.1) is 0 Å². The summed E-state index contributed by atoms with van der Waals surface area (Å²) in [5.74, 6) is 0.864. The van der Waals surface area contributed by atoms with Crippen LogP contribution in [-0.2, 0) is 11.3 Å². The van der Waals surface area contributed by atoms with Gasteiger partial charge in [-0.2, -0.15) is 0 Å². The first-order valence-corrected chi connectivity index (χ1v) is 6.82. The van der Waals surface area contributed by atoms with Gasteiger partial charge < -0.3 is 15.8 Å². The predicted molar refractivity (Wildman–Crippen MR) is 82.5 cm³/mol. The molecule has 0 saturated heterocycles. The highest BCUT2D eigenvalue weighted by atomic mass is 16.5. The zero-order chi connectivity index (χ0) is 14.2. The summed E-state index contributed by atoms with van der Waals surface area (Å²) in [5, 5.41) is 3.31. The summed E-state index contributed by atoms with van der Waals surface area (Å²) >= 11 is 0. The number of benzene rings is 1. The van der Waals surface area contributed by atoms with E-state index >= 15 is 0 Å². The molecule has 0 bridgehead atoms. The Labute approximate surface area is 120 Å². The topological polar surface area (TPSA) is 60.2 Å². The van der Waals surface area contributed by atoms with Crippen LogP contribution in [0.15, 0.2) is 42.6 Å². The largest absolute Gasteiger partial charge is 0.385 e. The van der Waals surface area contributed by atoms with E-state index in [4.69, 9.17) is 10.5 Å². The molecular weight excluding hydrogens is 250 g/mol. The molecule has 2 aromatic rings. The van der Waals surface area contributed by atoms with Crippen molar-refractivity contribution in [2.24, 2.45) is 5.73 Å². The molecule has 0 unspecified atom stereocenters. The minimum Gasteiger partial charge on any atom is -0.385 e. The maximum atomic E-state index is 5.82. The molecule has 1 aromatic carbocycles. The van der Waals surface area contributed by atoms with Gasteiger partial charge in [0.15, 0.2) is 0 Å². The normalized spacial score (nSPS) is 10.5. The van der Waals surface area contributed by atoms with E-state index in [1.54, 1.807) is 7.11 Å². The van der Waals surface area contributed by atoms with Gasteiger partial charge in [0.2, 0.25) is 0 Å². The Morgan fingerprint density at radius 2 is 2.00 bits per heavy atom. The second-order valence-electron chi connectivity index (χ2n) is 4.58. The van der Waals surface area contributed by atoms with Gasteiger partial charge in [0.05, 0.1) is 0 Å². The molecule has 0 amide bonds. The zero-order valence-corrected chi connectivity index (χ0v) is 11.8. The highest BCUT2D eigenvalue weighted by Crippen LogP contribution is 2.22. The Morgan fingerprint density at radius 1 is 1.20 bits per heavy atom. The number of nitrogens with two attached hydrogens (primary N) is 1. The van der Waals surface area contributed by atoms with E-state index in [0.29, 0.717) is 6.54 Å². The van der Waals surface area contributed by atoms with E-state index in [1.165, 1.54) is 0 Å². The first kappa shape index (κ1) is 14.5. The Kier molecular flexibility index (Phi) is 5.53. The molecule has 0 saturated carbocycles. The summed E-state index contributed by atoms with van der Waals surface area (Å²) in [7, 11) is 1.71. The molecule has 2 rings (SSSR count). The van der Waals surface area contributed by atoms with Crippen LogP contribution < -0.4 is 11.1 Å². The van der Waals surface area contributed by atoms with Gasteiger partial charge in [-0.05, 0) is 18.1 Å². The van der Waals surface area contributed by atoms with Crippen molar-refractivity contribution < 1.29 is 4.74 Å². The maximum Gasteiger partial charge on any atom is 0.130 e. The van der Waals surface area contributed by atoms with Crippen molar-refractivity contribution in [2.75, 3.05) is 25.6 Å². The molecule has 106 valence electrons. The van der Waals surface area contributed by atoms with E-state index in [2.05, 4.69) is 28.5 Å². The van der Waals surface area contributed by atoms with E-state index in [9.17, 15) is 0 Å². The van der Waals surface area contributed by atoms with Gasteiger partial charge in [-0.1, -0.05) is 30.3 Å². The second kappa shape index (κ2) is 7.62. The lowest BCUT2D eigenvalue weighted by molar-refractivity contribution is 0.197. The highest BCUT2D eigenvalue weighted by Gasteiger charge is 2.05. The summed E-state index contributed by atoms with van der Waals surface area (Å²) in [4.78, 5) is 4.49. The van der Waals surface area contributed by atoms with E-state index in [1.807, 2.05) is 24.4 Å². The molecule has 0 aliphatic carbocycles. The van der Waals surface area contributed by atoms with Gasteiger partial charge >= 0.3 is 0 Å². The third-order valence-electron chi connectivity index (χ3n) is 3.11. The molecule has 0 spiro atoms. The molecule has 0 fully saturated rings. The maximum absolute atomic E-state index is 5.82. The smallest absolute Gasteiger partial charge is 0.130 e. The van der Waals surface area contributed by atoms with Crippen molar-refractivity contribution in [3.8, 4) is 11.1 Å². The van der Waals surface area contributed by atoms with Crippen LogP contribution in [0.2, 0.25) is 0 Å². The number of hydrogen-bond donors (Lipinski definition) is 2. The minimum absolute atomic E-state index is 0.473. The molecule has 0 aliphatic rings. The molecule has 4 nitrogen and oxygen atoms in total. The van der Waals surface area contributed by atoms with Gasteiger partial charge in [0, 0.05) is 44.1 Å². The van der Waals surface area contributed by atoms with Crippen molar-refractivity contribution in [3.05, 3.63) is 48.2 Å². The Balaban J connectivity index is 2.12. The number of nitrogens with one attached hydrogen (secondary N) is 1. The Bertz CT molecular complexity index is 529. The molecule has 0 aliphatic heterocycles. The van der Waals surface area contributed by atoms with Crippen LogP contribution in [0, 0.1) is 0 Å². The molecule has 0 atom stereocenters. The van der Waals surface area contributed by atoms with Crippen LogP contribution in [0.1, 0.15) is 12.0 Å². The van der Waals surface area contributed by atoms with Crippen LogP contribution in [-0.4, -0.2) is 25.2 Å². The number of ether oxygens (including phenoxy) is 1. The number of methoxy groups -OCH3 is 1. The van der Waals surface area contributed by atoms with Gasteiger partial charge in [0.1, 0.15) is 5.82 Å². The van der Waals surface area contributed by atoms with E-state index < -0.39 is 0 Å². The molecule has 20 heavy (non-hydrogen) atoms. The Morgan fingerprint density at radius 3 is 2.70 bits per heavy atom. The van der Waals surface area contributed by atoms with Crippen molar-refractivity contribution in [3.63, 3.8) is 0 Å². The second-order valence-corrected chi connectivity index (χ2v) is 4.58. The molecule has 1 aromatic heterocycles. The molecule has 3 N–H and O–H groups in total. The number of rotatable bonds is 7. The van der Waals surface area contributed by atoms with Gasteiger partial charge in [0.25, 0.3) is 0 Å². The fourth-order valence-corrected chi connectivity index (χ4v) is 2.04. The van der Waals surface area contributed by atoms with Crippen molar-refractivity contribution >= 4 is 5.82 Å². The number of nitrogens with zero attached hydrogens (tertiary/aromatic N) is 1. The van der Waals surface area contributed by atoms with Crippen molar-refractivity contribution in [1.82, 2.24) is 4.98 Å². The van der Waals surface area contributed by atoms with E-state index in [0.717, 1.165) is 42.1 Å². The number of pyridine rings is 1. The number of aromatic nitrogens is 1. The number of hydrogen-bond acceptors (Lipinski definition) is 4. The highest BCUT2D eigenvalue weighted by molar-refractivity contribution is 5.65. The lowest BCUT2D eigenvalue weighted by atomic mass is 10.1. The van der Waals surface area contributed by atoms with Gasteiger partial charge in [-0.25, -0.2) is 4.98 Å². The lowest BCUT2D eigenvalue weighted by Gasteiger charge is -2.11. The van der Waals surface area contributed by atoms with Crippen molar-refractivity contribution in [1.29, 1.82) is 0 Å². The molecule has 0 radical (unpaired) electrons. The summed E-state index contributed by atoms with van der Waals surface area (Å²) in [6.07, 6.45) is 2.83.